The number of fused-ring (bicyclic) bond motifs is 1. The summed E-state index contributed by atoms with van der Waals surface area (Å²) >= 11 is 1.27. The molecule has 0 radical (unpaired) electrons. The van der Waals surface area contributed by atoms with E-state index in [1.165, 1.54) is 16.2 Å². The number of ether oxygens (including phenoxy) is 1. The van der Waals surface area contributed by atoms with Crippen LogP contribution in [-0.4, -0.2) is 59.9 Å². The maximum atomic E-state index is 13.4. The number of nitrogens with zero attached hydrogens (tertiary/aromatic N) is 5. The van der Waals surface area contributed by atoms with Gasteiger partial charge < -0.3 is 9.64 Å². The van der Waals surface area contributed by atoms with Gasteiger partial charge in [0, 0.05) is 18.7 Å². The number of amides is 1. The molecule has 2 aromatic carbocycles. The Morgan fingerprint density at radius 1 is 1.06 bits per heavy atom. The van der Waals surface area contributed by atoms with Gasteiger partial charge in [0.25, 0.3) is 17.3 Å². The lowest BCUT2D eigenvalue weighted by Gasteiger charge is -2.21. The average molecular weight is 496 g/mol. The molecule has 0 aliphatic carbocycles. The SMILES string of the molecule is COc1ccc2nc(N(CCCN(C)C)C(=O)c3cc([N+](=O)[O-])cc([N+](=O)[O-])c3)sc2c1.Cl. The van der Waals surface area contributed by atoms with E-state index in [2.05, 4.69) is 4.98 Å². The van der Waals surface area contributed by atoms with E-state index < -0.39 is 27.1 Å². The first-order chi connectivity index (χ1) is 15.2. The number of hydrogen-bond acceptors (Lipinski definition) is 9. The lowest BCUT2D eigenvalue weighted by Crippen LogP contribution is -2.33. The largest absolute Gasteiger partial charge is 0.497 e. The van der Waals surface area contributed by atoms with E-state index in [1.807, 2.05) is 19.0 Å². The zero-order valence-electron chi connectivity index (χ0n) is 18.1. The second-order valence-electron chi connectivity index (χ2n) is 7.20. The number of rotatable bonds is 9. The first kappa shape index (κ1) is 25.9. The van der Waals surface area contributed by atoms with Crippen molar-refractivity contribution in [1.29, 1.82) is 0 Å². The fourth-order valence-corrected chi connectivity index (χ4v) is 4.07. The number of anilines is 1. The van der Waals surface area contributed by atoms with Crippen LogP contribution in [-0.2, 0) is 0 Å². The molecule has 1 heterocycles. The number of hydrogen-bond donors (Lipinski definition) is 0. The molecule has 0 saturated carbocycles. The van der Waals surface area contributed by atoms with Crippen molar-refractivity contribution in [2.45, 2.75) is 6.42 Å². The first-order valence-corrected chi connectivity index (χ1v) is 10.4. The molecule has 0 fully saturated rings. The van der Waals surface area contributed by atoms with Crippen LogP contribution in [0.1, 0.15) is 16.8 Å². The molecular weight excluding hydrogens is 474 g/mol. The van der Waals surface area contributed by atoms with E-state index in [9.17, 15) is 25.0 Å². The summed E-state index contributed by atoms with van der Waals surface area (Å²) in [6, 6.07) is 8.26. The first-order valence-electron chi connectivity index (χ1n) is 9.54. The molecule has 33 heavy (non-hydrogen) atoms. The van der Waals surface area contributed by atoms with Gasteiger partial charge in [-0.3, -0.25) is 29.9 Å². The highest BCUT2D eigenvalue weighted by Crippen LogP contribution is 2.33. The third kappa shape index (κ3) is 6.12. The minimum absolute atomic E-state index is 0. The van der Waals surface area contributed by atoms with Crippen molar-refractivity contribution in [1.82, 2.24) is 9.88 Å². The molecule has 0 saturated heterocycles. The van der Waals surface area contributed by atoms with Crippen LogP contribution in [0.4, 0.5) is 16.5 Å². The standard InChI is InChI=1S/C20H21N5O6S.ClH/c1-22(2)7-4-8-23(20-21-17-6-5-16(31-3)12-18(17)32-20)19(26)13-9-14(24(27)28)11-15(10-13)25(29)30;/h5-6,9-12H,4,7-8H2,1-3H3;1H. The quantitative estimate of drug-likeness (QED) is 0.319. The van der Waals surface area contributed by atoms with E-state index >= 15 is 0 Å². The number of aromatic nitrogens is 1. The van der Waals surface area contributed by atoms with Crippen molar-refractivity contribution in [3.8, 4) is 5.75 Å². The Morgan fingerprint density at radius 2 is 1.70 bits per heavy atom. The van der Waals surface area contributed by atoms with Gasteiger partial charge in [0.2, 0.25) is 0 Å². The summed E-state index contributed by atoms with van der Waals surface area (Å²) in [4.78, 5) is 42.3. The number of non-ortho nitro benzene ring substituents is 2. The molecule has 0 N–H and O–H groups in total. The van der Waals surface area contributed by atoms with Gasteiger partial charge >= 0.3 is 0 Å². The summed E-state index contributed by atoms with van der Waals surface area (Å²) in [5.41, 5.74) is -0.525. The van der Waals surface area contributed by atoms with Crippen LogP contribution >= 0.6 is 23.7 Å². The highest BCUT2D eigenvalue weighted by atomic mass is 35.5. The molecule has 0 atom stereocenters. The Balaban J connectivity index is 0.00000385. The maximum Gasteiger partial charge on any atom is 0.277 e. The van der Waals surface area contributed by atoms with Gasteiger partial charge in [0.15, 0.2) is 5.13 Å². The van der Waals surface area contributed by atoms with Crippen LogP contribution in [0.3, 0.4) is 0 Å². The van der Waals surface area contributed by atoms with Crippen molar-refractivity contribution in [3.63, 3.8) is 0 Å². The van der Waals surface area contributed by atoms with E-state index in [1.54, 1.807) is 25.3 Å². The molecule has 0 spiro atoms. The summed E-state index contributed by atoms with van der Waals surface area (Å²) in [5.74, 6) is 0.0501. The fourth-order valence-electron chi connectivity index (χ4n) is 3.05. The monoisotopic (exact) mass is 495 g/mol. The summed E-state index contributed by atoms with van der Waals surface area (Å²) in [5, 5.41) is 22.9. The van der Waals surface area contributed by atoms with Crippen LogP contribution in [0.25, 0.3) is 10.2 Å². The molecule has 0 bridgehead atoms. The van der Waals surface area contributed by atoms with Gasteiger partial charge in [-0.2, -0.15) is 0 Å². The molecule has 176 valence electrons. The second kappa shape index (κ2) is 11.0. The highest BCUT2D eigenvalue weighted by molar-refractivity contribution is 7.22. The molecule has 0 aliphatic rings. The van der Waals surface area contributed by atoms with E-state index in [0.29, 0.717) is 29.4 Å². The molecule has 0 aliphatic heterocycles. The number of nitro benzene ring substituents is 2. The van der Waals surface area contributed by atoms with Crippen molar-refractivity contribution in [3.05, 3.63) is 62.2 Å². The van der Waals surface area contributed by atoms with Crippen molar-refractivity contribution in [2.75, 3.05) is 39.2 Å². The molecule has 0 unspecified atom stereocenters. The van der Waals surface area contributed by atoms with Gasteiger partial charge in [0.1, 0.15) is 5.75 Å². The average Bonchev–Trinajstić information content (AvgIpc) is 3.18. The van der Waals surface area contributed by atoms with Crippen LogP contribution < -0.4 is 9.64 Å². The third-order valence-corrected chi connectivity index (χ3v) is 5.66. The zero-order valence-corrected chi connectivity index (χ0v) is 19.7. The number of carbonyl (C=O) groups is 1. The maximum absolute atomic E-state index is 13.4. The predicted molar refractivity (Wildman–Crippen MR) is 128 cm³/mol. The number of thiazole rings is 1. The number of carbonyl (C=O) groups excluding carboxylic acids is 1. The van der Waals surface area contributed by atoms with E-state index in [0.717, 1.165) is 22.9 Å². The van der Waals surface area contributed by atoms with Crippen LogP contribution in [0.5, 0.6) is 5.75 Å². The number of methoxy groups -OCH3 is 1. The van der Waals surface area contributed by atoms with Crippen LogP contribution in [0, 0.1) is 20.2 Å². The molecule has 3 aromatic rings. The van der Waals surface area contributed by atoms with E-state index in [-0.39, 0.29) is 24.5 Å². The van der Waals surface area contributed by atoms with E-state index in [4.69, 9.17) is 4.74 Å². The summed E-state index contributed by atoms with van der Waals surface area (Å²) in [6.45, 7) is 0.974. The third-order valence-electron chi connectivity index (χ3n) is 4.62. The van der Waals surface area contributed by atoms with Crippen LogP contribution in [0.15, 0.2) is 36.4 Å². The minimum atomic E-state index is -0.760. The Bertz CT molecular complexity index is 1150. The molecule has 13 heteroatoms. The van der Waals surface area contributed by atoms with Crippen LogP contribution in [0.2, 0.25) is 0 Å². The van der Waals surface area contributed by atoms with Gasteiger partial charge in [-0.1, -0.05) is 11.3 Å². The Morgan fingerprint density at radius 3 is 2.24 bits per heavy atom. The smallest absolute Gasteiger partial charge is 0.277 e. The van der Waals surface area contributed by atoms with Gasteiger partial charge in [-0.05, 0) is 45.3 Å². The Labute approximate surface area is 199 Å². The fraction of sp³-hybridized carbons (Fsp3) is 0.300. The summed E-state index contributed by atoms with van der Waals surface area (Å²) in [6.07, 6.45) is 0.606. The van der Waals surface area contributed by atoms with Gasteiger partial charge in [-0.15, -0.1) is 12.4 Å². The summed E-state index contributed by atoms with van der Waals surface area (Å²) < 4.78 is 6.04. The highest BCUT2D eigenvalue weighted by Gasteiger charge is 2.26. The number of halogens is 1. The van der Waals surface area contributed by atoms with Gasteiger partial charge in [0.05, 0.1) is 38.8 Å². The molecule has 1 aromatic heterocycles. The van der Waals surface area contributed by atoms with Crippen molar-refractivity contribution < 1.29 is 19.4 Å². The molecular formula is C20H22ClN5O6S. The normalized spacial score (nSPS) is 10.7. The Kier molecular flexibility index (Phi) is 8.63. The lowest BCUT2D eigenvalue weighted by molar-refractivity contribution is -0.394. The predicted octanol–water partition coefficient (Wildman–Crippen LogP) is 4.14. The zero-order chi connectivity index (χ0) is 23.4. The number of benzene rings is 2. The molecule has 3 rings (SSSR count). The number of nitro groups is 2. The van der Waals surface area contributed by atoms with Crippen molar-refractivity contribution >= 4 is 56.4 Å². The molecule has 11 nitrogen and oxygen atoms in total. The topological polar surface area (TPSA) is 132 Å². The summed E-state index contributed by atoms with van der Waals surface area (Å²) in [7, 11) is 5.36. The minimum Gasteiger partial charge on any atom is -0.497 e. The second-order valence-corrected chi connectivity index (χ2v) is 8.21. The molecule has 1 amide bonds. The Hall–Kier alpha value is -3.35. The van der Waals surface area contributed by atoms with Crippen molar-refractivity contribution in [2.24, 2.45) is 0 Å². The lowest BCUT2D eigenvalue weighted by atomic mass is 10.1. The van der Waals surface area contributed by atoms with Gasteiger partial charge in [-0.25, -0.2) is 4.98 Å².